The average Bonchev–Trinajstić information content (AvgIpc) is 3.31. The Hall–Kier alpha value is -3.13. The maximum atomic E-state index is 13.4. The Balaban J connectivity index is 1.72. The first kappa shape index (κ1) is 21.1. The lowest BCUT2D eigenvalue weighted by Gasteiger charge is -2.37. The molecule has 2 aromatic carbocycles. The number of amides is 1. The van der Waals surface area contributed by atoms with Crippen LogP contribution in [-0.4, -0.2) is 38.2 Å². The van der Waals surface area contributed by atoms with Crippen LogP contribution in [0.3, 0.4) is 0 Å². The van der Waals surface area contributed by atoms with Gasteiger partial charge in [0.15, 0.2) is 11.5 Å². The largest absolute Gasteiger partial charge is 0.493 e. The Morgan fingerprint density at radius 1 is 1.10 bits per heavy atom. The predicted molar refractivity (Wildman–Crippen MR) is 114 cm³/mol. The molecular weight excluding hydrogens is 424 g/mol. The standard InChI is InChI=1S/C23H21F2NO4S/c1-28-18-12-15-9-10-26(22(27)14-5-7-16(8-6-14)30-23(24)25)21(20-4-3-11-31-20)17(15)13-19(18)29-2/h3-8,11-13,21,23H,9-10H2,1-2H3. The van der Waals surface area contributed by atoms with E-state index in [1.165, 1.54) is 24.3 Å². The van der Waals surface area contributed by atoms with E-state index in [4.69, 9.17) is 9.47 Å². The summed E-state index contributed by atoms with van der Waals surface area (Å²) < 4.78 is 40.2. The van der Waals surface area contributed by atoms with Gasteiger partial charge < -0.3 is 19.1 Å². The second-order valence-electron chi connectivity index (χ2n) is 6.98. The Morgan fingerprint density at radius 3 is 2.42 bits per heavy atom. The third-order valence-corrected chi connectivity index (χ3v) is 6.20. The Kier molecular flexibility index (Phi) is 6.08. The number of carbonyl (C=O) groups is 1. The van der Waals surface area contributed by atoms with Gasteiger partial charge in [-0.3, -0.25) is 4.79 Å². The van der Waals surface area contributed by atoms with Crippen molar-refractivity contribution in [2.24, 2.45) is 0 Å². The van der Waals surface area contributed by atoms with Crippen molar-refractivity contribution in [2.45, 2.75) is 19.1 Å². The minimum atomic E-state index is -2.91. The third-order valence-electron chi connectivity index (χ3n) is 5.27. The van der Waals surface area contributed by atoms with Gasteiger partial charge in [0, 0.05) is 17.0 Å². The number of methoxy groups -OCH3 is 2. The van der Waals surface area contributed by atoms with E-state index in [0.29, 0.717) is 30.0 Å². The molecule has 162 valence electrons. The molecule has 3 aromatic rings. The van der Waals surface area contributed by atoms with Crippen LogP contribution in [0.4, 0.5) is 8.78 Å². The lowest BCUT2D eigenvalue weighted by Crippen LogP contribution is -2.40. The molecular formula is C23H21F2NO4S. The van der Waals surface area contributed by atoms with Crippen molar-refractivity contribution in [3.05, 3.63) is 75.5 Å². The van der Waals surface area contributed by atoms with Crippen LogP contribution in [0.2, 0.25) is 0 Å². The van der Waals surface area contributed by atoms with E-state index in [9.17, 15) is 13.6 Å². The van der Waals surface area contributed by atoms with Crippen molar-refractivity contribution < 1.29 is 27.8 Å². The van der Waals surface area contributed by atoms with E-state index >= 15 is 0 Å². The van der Waals surface area contributed by atoms with Gasteiger partial charge >= 0.3 is 6.61 Å². The van der Waals surface area contributed by atoms with Crippen molar-refractivity contribution in [2.75, 3.05) is 20.8 Å². The fourth-order valence-electron chi connectivity index (χ4n) is 3.86. The number of alkyl halides is 2. The molecule has 1 amide bonds. The van der Waals surface area contributed by atoms with Gasteiger partial charge in [0.25, 0.3) is 5.91 Å². The lowest BCUT2D eigenvalue weighted by atomic mass is 9.90. The highest BCUT2D eigenvalue weighted by atomic mass is 32.1. The number of hydrogen-bond donors (Lipinski definition) is 0. The van der Waals surface area contributed by atoms with Crippen LogP contribution in [0.15, 0.2) is 53.9 Å². The lowest BCUT2D eigenvalue weighted by molar-refractivity contribution is -0.0498. The summed E-state index contributed by atoms with van der Waals surface area (Å²) in [5, 5.41) is 1.98. The minimum Gasteiger partial charge on any atom is -0.493 e. The maximum absolute atomic E-state index is 13.4. The van der Waals surface area contributed by atoms with Gasteiger partial charge in [-0.15, -0.1) is 11.3 Å². The summed E-state index contributed by atoms with van der Waals surface area (Å²) in [5.41, 5.74) is 2.49. The number of fused-ring (bicyclic) bond motifs is 1. The molecule has 5 nitrogen and oxygen atoms in total. The highest BCUT2D eigenvalue weighted by Crippen LogP contribution is 2.42. The Bertz CT molecular complexity index is 1050. The zero-order valence-electron chi connectivity index (χ0n) is 17.0. The molecule has 1 aliphatic rings. The minimum absolute atomic E-state index is 0.0159. The van der Waals surface area contributed by atoms with Crippen LogP contribution in [-0.2, 0) is 6.42 Å². The highest BCUT2D eigenvalue weighted by Gasteiger charge is 2.34. The Labute approximate surface area is 182 Å². The molecule has 0 saturated carbocycles. The van der Waals surface area contributed by atoms with Gasteiger partial charge in [0.2, 0.25) is 0 Å². The SMILES string of the molecule is COc1cc2c(cc1OC)C(c1cccs1)N(C(=O)c1ccc(OC(F)F)cc1)CC2. The van der Waals surface area contributed by atoms with Gasteiger partial charge in [0.05, 0.1) is 20.3 Å². The number of ether oxygens (including phenoxy) is 3. The van der Waals surface area contributed by atoms with Crippen molar-refractivity contribution in [1.29, 1.82) is 0 Å². The van der Waals surface area contributed by atoms with Gasteiger partial charge in [-0.2, -0.15) is 8.78 Å². The van der Waals surface area contributed by atoms with Gasteiger partial charge in [-0.25, -0.2) is 0 Å². The zero-order chi connectivity index (χ0) is 22.0. The van der Waals surface area contributed by atoms with Crippen molar-refractivity contribution in [3.63, 3.8) is 0 Å². The second kappa shape index (κ2) is 8.93. The first-order chi connectivity index (χ1) is 15.0. The van der Waals surface area contributed by atoms with E-state index in [0.717, 1.165) is 16.0 Å². The fraction of sp³-hybridized carbons (Fsp3) is 0.261. The molecule has 0 N–H and O–H groups in total. The van der Waals surface area contributed by atoms with Gasteiger partial charge in [-0.1, -0.05) is 6.07 Å². The van der Waals surface area contributed by atoms with Gasteiger partial charge in [0.1, 0.15) is 5.75 Å². The van der Waals surface area contributed by atoms with E-state index in [2.05, 4.69) is 4.74 Å². The van der Waals surface area contributed by atoms with Crippen LogP contribution in [0.25, 0.3) is 0 Å². The van der Waals surface area contributed by atoms with Crippen LogP contribution in [0, 0.1) is 0 Å². The van der Waals surface area contributed by atoms with E-state index in [1.807, 2.05) is 34.5 Å². The highest BCUT2D eigenvalue weighted by molar-refractivity contribution is 7.10. The number of halogens is 2. The first-order valence-electron chi connectivity index (χ1n) is 9.66. The number of carbonyl (C=O) groups excluding carboxylic acids is 1. The number of rotatable bonds is 6. The summed E-state index contributed by atoms with van der Waals surface area (Å²) >= 11 is 1.57. The summed E-state index contributed by atoms with van der Waals surface area (Å²) in [5.74, 6) is 1.09. The van der Waals surface area contributed by atoms with Crippen LogP contribution >= 0.6 is 11.3 Å². The second-order valence-corrected chi connectivity index (χ2v) is 7.95. The molecule has 0 aliphatic carbocycles. The monoisotopic (exact) mass is 445 g/mol. The summed E-state index contributed by atoms with van der Waals surface area (Å²) in [7, 11) is 3.18. The van der Waals surface area contributed by atoms with Crippen LogP contribution in [0.1, 0.15) is 32.4 Å². The molecule has 2 heterocycles. The van der Waals surface area contributed by atoms with Crippen molar-refractivity contribution >= 4 is 17.2 Å². The molecule has 0 bridgehead atoms. The van der Waals surface area contributed by atoms with Crippen molar-refractivity contribution in [3.8, 4) is 17.2 Å². The summed E-state index contributed by atoms with van der Waals surface area (Å²) in [6, 6.07) is 13.3. The molecule has 0 saturated heterocycles. The normalized spacial score (nSPS) is 15.5. The zero-order valence-corrected chi connectivity index (χ0v) is 17.8. The molecule has 0 fully saturated rings. The molecule has 1 atom stereocenters. The number of hydrogen-bond acceptors (Lipinski definition) is 5. The fourth-order valence-corrected chi connectivity index (χ4v) is 4.72. The van der Waals surface area contributed by atoms with Crippen LogP contribution in [0.5, 0.6) is 17.2 Å². The third kappa shape index (κ3) is 4.20. The van der Waals surface area contributed by atoms with Gasteiger partial charge in [-0.05, 0) is 65.4 Å². The van der Waals surface area contributed by atoms with E-state index in [1.54, 1.807) is 25.6 Å². The predicted octanol–water partition coefficient (Wildman–Crippen LogP) is 5.15. The molecule has 1 aromatic heterocycles. The molecule has 4 rings (SSSR count). The first-order valence-corrected chi connectivity index (χ1v) is 10.5. The van der Waals surface area contributed by atoms with E-state index in [-0.39, 0.29) is 17.7 Å². The molecule has 0 spiro atoms. The number of benzene rings is 2. The number of nitrogens with zero attached hydrogens (tertiary/aromatic N) is 1. The van der Waals surface area contributed by atoms with E-state index < -0.39 is 6.61 Å². The molecule has 31 heavy (non-hydrogen) atoms. The molecule has 1 aliphatic heterocycles. The smallest absolute Gasteiger partial charge is 0.387 e. The summed E-state index contributed by atoms with van der Waals surface area (Å²) in [6.07, 6.45) is 0.663. The van der Waals surface area contributed by atoms with Crippen LogP contribution < -0.4 is 14.2 Å². The summed E-state index contributed by atoms with van der Waals surface area (Å²) in [4.78, 5) is 16.2. The summed E-state index contributed by atoms with van der Waals surface area (Å²) in [6.45, 7) is -2.39. The average molecular weight is 445 g/mol. The topological polar surface area (TPSA) is 48.0 Å². The molecule has 0 radical (unpaired) electrons. The molecule has 8 heteroatoms. The maximum Gasteiger partial charge on any atom is 0.387 e. The van der Waals surface area contributed by atoms with Crippen molar-refractivity contribution in [1.82, 2.24) is 4.90 Å². The molecule has 1 unspecified atom stereocenters. The quantitative estimate of drug-likeness (QED) is 0.526. The Morgan fingerprint density at radius 2 is 1.81 bits per heavy atom. The number of thiophene rings is 1.